The minimum absolute atomic E-state index is 0.0743. The van der Waals surface area contributed by atoms with E-state index in [1.165, 1.54) is 4.57 Å². The maximum absolute atomic E-state index is 13.1. The van der Waals surface area contributed by atoms with Crippen LogP contribution in [0.15, 0.2) is 23.0 Å². The van der Waals surface area contributed by atoms with E-state index in [9.17, 15) is 9.59 Å². The first kappa shape index (κ1) is 17.5. The van der Waals surface area contributed by atoms with Crippen molar-refractivity contribution in [2.24, 2.45) is 7.05 Å². The monoisotopic (exact) mass is 342 g/mol. The van der Waals surface area contributed by atoms with Gasteiger partial charge in [0.05, 0.1) is 18.3 Å². The topological polar surface area (TPSA) is 60.1 Å². The third-order valence-electron chi connectivity index (χ3n) is 5.16. The Bertz CT molecular complexity index is 850. The molecule has 1 amide bonds. The number of pyridine rings is 1. The first-order valence-corrected chi connectivity index (χ1v) is 8.87. The summed E-state index contributed by atoms with van der Waals surface area (Å²) in [6, 6.07) is 5.61. The van der Waals surface area contributed by atoms with Gasteiger partial charge in [-0.2, -0.15) is 5.10 Å². The Labute approximate surface area is 148 Å². The minimum atomic E-state index is -0.222. The Kier molecular flexibility index (Phi) is 4.79. The average molecular weight is 342 g/mol. The number of nitrogens with zero attached hydrogens (tertiary/aromatic N) is 4. The summed E-state index contributed by atoms with van der Waals surface area (Å²) in [5, 5.41) is 4.53. The third-order valence-corrected chi connectivity index (χ3v) is 5.16. The zero-order valence-electron chi connectivity index (χ0n) is 15.5. The van der Waals surface area contributed by atoms with Crippen LogP contribution in [0, 0.1) is 20.8 Å². The molecule has 0 bridgehead atoms. The van der Waals surface area contributed by atoms with E-state index < -0.39 is 0 Å². The van der Waals surface area contributed by atoms with Crippen molar-refractivity contribution in [3.63, 3.8) is 0 Å². The highest BCUT2D eigenvalue weighted by Gasteiger charge is 2.29. The smallest absolute Gasteiger partial charge is 0.263 e. The Morgan fingerprint density at radius 1 is 1.20 bits per heavy atom. The molecule has 0 radical (unpaired) electrons. The molecule has 134 valence electrons. The SMILES string of the molecule is Cc1cc(C)n(C[C@@H]2CCCCN2C(=O)c2ccc(C)n(C)c2=O)n1. The lowest BCUT2D eigenvalue weighted by molar-refractivity contribution is 0.0580. The van der Waals surface area contributed by atoms with Gasteiger partial charge >= 0.3 is 0 Å². The average Bonchev–Trinajstić information content (AvgIpc) is 2.90. The summed E-state index contributed by atoms with van der Waals surface area (Å²) in [7, 11) is 1.71. The summed E-state index contributed by atoms with van der Waals surface area (Å²) in [5.74, 6) is -0.160. The van der Waals surface area contributed by atoms with E-state index in [0.29, 0.717) is 13.1 Å². The number of carbonyl (C=O) groups excluding carboxylic acids is 1. The van der Waals surface area contributed by atoms with Crippen molar-refractivity contribution < 1.29 is 4.79 Å². The molecule has 3 rings (SSSR count). The molecule has 6 nitrogen and oxygen atoms in total. The lowest BCUT2D eigenvalue weighted by Gasteiger charge is -2.36. The zero-order chi connectivity index (χ0) is 18.1. The highest BCUT2D eigenvalue weighted by molar-refractivity contribution is 5.94. The number of aromatic nitrogens is 3. The maximum atomic E-state index is 13.1. The van der Waals surface area contributed by atoms with Crippen LogP contribution < -0.4 is 5.56 Å². The van der Waals surface area contributed by atoms with Gasteiger partial charge in [-0.05, 0) is 58.2 Å². The van der Waals surface area contributed by atoms with Gasteiger partial charge in [-0.3, -0.25) is 14.3 Å². The van der Waals surface area contributed by atoms with Crippen LogP contribution in [0.4, 0.5) is 0 Å². The van der Waals surface area contributed by atoms with Gasteiger partial charge in [-0.1, -0.05) is 0 Å². The minimum Gasteiger partial charge on any atom is -0.334 e. The fraction of sp³-hybridized carbons (Fsp3) is 0.526. The number of hydrogen-bond donors (Lipinski definition) is 0. The van der Waals surface area contributed by atoms with Gasteiger partial charge in [0.2, 0.25) is 0 Å². The van der Waals surface area contributed by atoms with Crippen LogP contribution in [-0.4, -0.2) is 37.7 Å². The number of likely N-dealkylation sites (tertiary alicyclic amines) is 1. The normalized spacial score (nSPS) is 17.8. The molecule has 0 aromatic carbocycles. The summed E-state index contributed by atoms with van der Waals surface area (Å²) in [4.78, 5) is 27.4. The molecule has 0 aliphatic carbocycles. The number of amides is 1. The Morgan fingerprint density at radius 2 is 1.96 bits per heavy atom. The van der Waals surface area contributed by atoms with Gasteiger partial charge in [-0.15, -0.1) is 0 Å². The van der Waals surface area contributed by atoms with E-state index in [1.54, 1.807) is 13.1 Å². The molecule has 1 aliphatic rings. The predicted octanol–water partition coefficient (Wildman–Crippen LogP) is 2.20. The van der Waals surface area contributed by atoms with Gasteiger partial charge in [0.15, 0.2) is 0 Å². The van der Waals surface area contributed by atoms with Crippen molar-refractivity contribution in [3.05, 3.63) is 51.2 Å². The van der Waals surface area contributed by atoms with Crippen molar-refractivity contribution in [3.8, 4) is 0 Å². The van der Waals surface area contributed by atoms with Crippen molar-refractivity contribution in [1.29, 1.82) is 0 Å². The largest absolute Gasteiger partial charge is 0.334 e. The quantitative estimate of drug-likeness (QED) is 0.859. The summed E-state index contributed by atoms with van der Waals surface area (Å²) in [6.45, 7) is 7.24. The highest BCUT2D eigenvalue weighted by atomic mass is 16.2. The standard InChI is InChI=1S/C19H26N4O2/c1-13-11-15(3)23(20-13)12-16-7-5-6-10-22(16)19(25)17-9-8-14(2)21(4)18(17)24/h8-9,11,16H,5-7,10,12H2,1-4H3/t16-/m0/s1. The van der Waals surface area contributed by atoms with E-state index in [0.717, 1.165) is 36.3 Å². The second-order valence-electron chi connectivity index (χ2n) is 7.01. The molecule has 0 saturated carbocycles. The molecule has 1 aliphatic heterocycles. The van der Waals surface area contributed by atoms with Crippen LogP contribution in [0.5, 0.6) is 0 Å². The maximum Gasteiger partial charge on any atom is 0.263 e. The molecule has 3 heterocycles. The fourth-order valence-electron chi connectivity index (χ4n) is 3.56. The van der Waals surface area contributed by atoms with Gasteiger partial charge in [-0.25, -0.2) is 0 Å². The Balaban J connectivity index is 1.88. The first-order chi connectivity index (χ1) is 11.9. The van der Waals surface area contributed by atoms with Gasteiger partial charge in [0.1, 0.15) is 5.56 Å². The second-order valence-corrected chi connectivity index (χ2v) is 7.01. The molecule has 1 saturated heterocycles. The van der Waals surface area contributed by atoms with Crippen LogP contribution >= 0.6 is 0 Å². The lowest BCUT2D eigenvalue weighted by Crippen LogP contribution is -2.47. The summed E-state index contributed by atoms with van der Waals surface area (Å²) in [6.07, 6.45) is 3.02. The molecule has 6 heteroatoms. The second kappa shape index (κ2) is 6.86. The van der Waals surface area contributed by atoms with E-state index in [1.807, 2.05) is 42.5 Å². The van der Waals surface area contributed by atoms with Crippen molar-refractivity contribution in [2.75, 3.05) is 6.54 Å². The molecular formula is C19H26N4O2. The van der Waals surface area contributed by atoms with Crippen LogP contribution in [-0.2, 0) is 13.6 Å². The van der Waals surface area contributed by atoms with Crippen LogP contribution in [0.3, 0.4) is 0 Å². The van der Waals surface area contributed by atoms with E-state index in [4.69, 9.17) is 0 Å². The molecule has 1 atom stereocenters. The molecule has 1 fully saturated rings. The first-order valence-electron chi connectivity index (χ1n) is 8.87. The molecule has 0 spiro atoms. The Hall–Kier alpha value is -2.37. The number of aryl methyl sites for hydroxylation is 3. The number of piperidine rings is 1. The fourth-order valence-corrected chi connectivity index (χ4v) is 3.56. The Morgan fingerprint density at radius 3 is 2.64 bits per heavy atom. The molecule has 2 aromatic rings. The summed E-state index contributed by atoms with van der Waals surface area (Å²) < 4.78 is 3.51. The van der Waals surface area contributed by atoms with Gasteiger partial charge in [0.25, 0.3) is 11.5 Å². The summed E-state index contributed by atoms with van der Waals surface area (Å²) >= 11 is 0. The van der Waals surface area contributed by atoms with E-state index in [-0.39, 0.29) is 23.1 Å². The van der Waals surface area contributed by atoms with Crippen LogP contribution in [0.2, 0.25) is 0 Å². The van der Waals surface area contributed by atoms with Crippen LogP contribution in [0.25, 0.3) is 0 Å². The highest BCUT2D eigenvalue weighted by Crippen LogP contribution is 2.21. The molecule has 2 aromatic heterocycles. The van der Waals surface area contributed by atoms with Gasteiger partial charge in [0, 0.05) is 25.0 Å². The van der Waals surface area contributed by atoms with Crippen LogP contribution in [0.1, 0.15) is 46.7 Å². The van der Waals surface area contributed by atoms with E-state index in [2.05, 4.69) is 5.10 Å². The lowest BCUT2D eigenvalue weighted by atomic mass is 10.0. The van der Waals surface area contributed by atoms with Crippen molar-refractivity contribution >= 4 is 5.91 Å². The number of carbonyl (C=O) groups is 1. The third kappa shape index (κ3) is 3.38. The van der Waals surface area contributed by atoms with E-state index >= 15 is 0 Å². The van der Waals surface area contributed by atoms with Crippen molar-refractivity contribution in [1.82, 2.24) is 19.2 Å². The number of rotatable bonds is 3. The molecular weight excluding hydrogens is 316 g/mol. The predicted molar refractivity (Wildman–Crippen MR) is 96.8 cm³/mol. The molecule has 0 N–H and O–H groups in total. The molecule has 0 unspecified atom stereocenters. The zero-order valence-corrected chi connectivity index (χ0v) is 15.5. The van der Waals surface area contributed by atoms with Gasteiger partial charge < -0.3 is 9.47 Å². The van der Waals surface area contributed by atoms with Crippen molar-refractivity contribution in [2.45, 2.75) is 52.6 Å². The molecule has 25 heavy (non-hydrogen) atoms. The number of hydrogen-bond acceptors (Lipinski definition) is 3. The summed E-state index contributed by atoms with van der Waals surface area (Å²) in [5.41, 5.74) is 2.97.